The molecule has 0 fully saturated rings. The number of aliphatic hydroxyl groups excluding tert-OH is 1. The van der Waals surface area contributed by atoms with Crippen LogP contribution < -0.4 is 5.32 Å². The Balaban J connectivity index is 2.79. The van der Waals surface area contributed by atoms with Crippen LogP contribution in [0, 0.1) is 6.92 Å². The van der Waals surface area contributed by atoms with Gasteiger partial charge in [-0.25, -0.2) is 0 Å². The summed E-state index contributed by atoms with van der Waals surface area (Å²) in [4.78, 5) is 0. The number of aromatic nitrogens is 2. The number of nitrogens with zero attached hydrogens (tertiary/aromatic N) is 2. The van der Waals surface area contributed by atoms with Crippen molar-refractivity contribution < 1.29 is 5.11 Å². The Kier molecular flexibility index (Phi) is 2.83. The summed E-state index contributed by atoms with van der Waals surface area (Å²) in [6.45, 7) is 2.49. The lowest BCUT2D eigenvalue weighted by atomic mass is 10.2. The third-order valence-corrected chi connectivity index (χ3v) is 1.76. The Morgan fingerprint density at radius 2 is 2.42 bits per heavy atom. The molecule has 0 bridgehead atoms. The zero-order valence-corrected chi connectivity index (χ0v) is 7.70. The fourth-order valence-corrected chi connectivity index (χ4v) is 1.24. The summed E-state index contributed by atoms with van der Waals surface area (Å²) >= 11 is 0. The molecule has 0 spiro atoms. The number of aliphatic hydroxyl groups is 1. The van der Waals surface area contributed by atoms with Gasteiger partial charge >= 0.3 is 0 Å². The molecule has 1 atom stereocenters. The van der Waals surface area contributed by atoms with Crippen LogP contribution in [0.5, 0.6) is 0 Å². The number of hydrogen-bond donors (Lipinski definition) is 2. The molecule has 12 heavy (non-hydrogen) atoms. The lowest BCUT2D eigenvalue weighted by Gasteiger charge is -2.06. The van der Waals surface area contributed by atoms with Crippen molar-refractivity contribution in [3.8, 4) is 0 Å². The number of rotatable bonds is 3. The van der Waals surface area contributed by atoms with Gasteiger partial charge in [0.25, 0.3) is 0 Å². The van der Waals surface area contributed by atoms with Gasteiger partial charge in [0, 0.05) is 19.8 Å². The predicted molar refractivity (Wildman–Crippen MR) is 46.8 cm³/mol. The lowest BCUT2D eigenvalue weighted by Crippen LogP contribution is -2.17. The van der Waals surface area contributed by atoms with Crippen LogP contribution in [0.1, 0.15) is 17.4 Å². The number of hydrogen-bond acceptors (Lipinski definition) is 3. The maximum atomic E-state index is 9.58. The van der Waals surface area contributed by atoms with Gasteiger partial charge in [-0.05, 0) is 19.5 Å². The normalized spacial score (nSPS) is 13.3. The zero-order chi connectivity index (χ0) is 9.14. The largest absolute Gasteiger partial charge is 0.385 e. The van der Waals surface area contributed by atoms with E-state index in [-0.39, 0.29) is 0 Å². The van der Waals surface area contributed by atoms with Gasteiger partial charge in [-0.2, -0.15) is 5.10 Å². The second-order valence-electron chi connectivity index (χ2n) is 2.94. The molecule has 1 heterocycles. The van der Waals surface area contributed by atoms with Crippen molar-refractivity contribution in [1.82, 2.24) is 15.1 Å². The summed E-state index contributed by atoms with van der Waals surface area (Å²) in [5.41, 5.74) is 1.78. The monoisotopic (exact) mass is 169 g/mol. The second-order valence-corrected chi connectivity index (χ2v) is 2.94. The molecule has 0 aliphatic heterocycles. The van der Waals surface area contributed by atoms with E-state index in [1.54, 1.807) is 4.68 Å². The Morgan fingerprint density at radius 3 is 2.83 bits per heavy atom. The molecule has 68 valence electrons. The number of aryl methyl sites for hydroxylation is 2. The van der Waals surface area contributed by atoms with Crippen molar-refractivity contribution >= 4 is 0 Å². The molecule has 4 heteroatoms. The van der Waals surface area contributed by atoms with Crippen LogP contribution in [0.15, 0.2) is 6.20 Å². The van der Waals surface area contributed by atoms with Gasteiger partial charge in [-0.15, -0.1) is 0 Å². The topological polar surface area (TPSA) is 50.1 Å². The molecule has 0 aromatic carbocycles. The van der Waals surface area contributed by atoms with E-state index in [1.807, 2.05) is 27.2 Å². The highest BCUT2D eigenvalue weighted by Gasteiger charge is 2.12. The molecule has 0 amide bonds. The Hall–Kier alpha value is -0.870. The summed E-state index contributed by atoms with van der Waals surface area (Å²) in [5.74, 6) is 0. The number of nitrogens with one attached hydrogen (secondary N) is 1. The van der Waals surface area contributed by atoms with Crippen molar-refractivity contribution in [2.45, 2.75) is 13.0 Å². The fraction of sp³-hybridized carbons (Fsp3) is 0.625. The van der Waals surface area contributed by atoms with Crippen LogP contribution in [0.2, 0.25) is 0 Å². The van der Waals surface area contributed by atoms with Crippen LogP contribution in [0.3, 0.4) is 0 Å². The van der Waals surface area contributed by atoms with Gasteiger partial charge in [0.15, 0.2) is 0 Å². The molecular formula is C8H15N3O. The molecule has 4 nitrogen and oxygen atoms in total. The summed E-state index contributed by atoms with van der Waals surface area (Å²) < 4.78 is 1.71. The van der Waals surface area contributed by atoms with Crippen molar-refractivity contribution in [3.05, 3.63) is 17.5 Å². The van der Waals surface area contributed by atoms with Gasteiger partial charge in [0.1, 0.15) is 6.10 Å². The van der Waals surface area contributed by atoms with Crippen LogP contribution in [-0.2, 0) is 7.05 Å². The highest BCUT2D eigenvalue weighted by molar-refractivity contribution is 5.17. The quantitative estimate of drug-likeness (QED) is 0.668. The van der Waals surface area contributed by atoms with Gasteiger partial charge in [0.2, 0.25) is 0 Å². The van der Waals surface area contributed by atoms with Crippen LogP contribution in [0.25, 0.3) is 0 Å². The average molecular weight is 169 g/mol. The zero-order valence-electron chi connectivity index (χ0n) is 7.70. The van der Waals surface area contributed by atoms with Crippen molar-refractivity contribution in [2.24, 2.45) is 7.05 Å². The minimum Gasteiger partial charge on any atom is -0.385 e. The maximum Gasteiger partial charge on any atom is 0.110 e. The van der Waals surface area contributed by atoms with Gasteiger partial charge in [0.05, 0.1) is 5.69 Å². The van der Waals surface area contributed by atoms with Crippen LogP contribution in [-0.4, -0.2) is 28.5 Å². The highest BCUT2D eigenvalue weighted by atomic mass is 16.3. The van der Waals surface area contributed by atoms with Crippen LogP contribution >= 0.6 is 0 Å². The third-order valence-electron chi connectivity index (χ3n) is 1.76. The molecule has 1 unspecified atom stereocenters. The third kappa shape index (κ3) is 1.84. The van der Waals surface area contributed by atoms with E-state index in [4.69, 9.17) is 0 Å². The van der Waals surface area contributed by atoms with Gasteiger partial charge in [-0.3, -0.25) is 4.68 Å². The second kappa shape index (κ2) is 3.69. The predicted octanol–water partition coefficient (Wildman–Crippen LogP) is -0.0187. The van der Waals surface area contributed by atoms with Crippen molar-refractivity contribution in [1.29, 1.82) is 0 Å². The van der Waals surface area contributed by atoms with Gasteiger partial charge in [-0.1, -0.05) is 0 Å². The molecule has 0 aliphatic carbocycles. The Labute approximate surface area is 72.2 Å². The Morgan fingerprint density at radius 1 is 1.75 bits per heavy atom. The molecule has 2 N–H and O–H groups in total. The lowest BCUT2D eigenvalue weighted by molar-refractivity contribution is 0.171. The molecule has 1 aromatic heterocycles. The van der Waals surface area contributed by atoms with Crippen LogP contribution in [0.4, 0.5) is 0 Å². The maximum absolute atomic E-state index is 9.58. The van der Waals surface area contributed by atoms with Crippen molar-refractivity contribution in [3.63, 3.8) is 0 Å². The molecule has 1 aromatic rings. The van der Waals surface area contributed by atoms with E-state index in [0.717, 1.165) is 11.3 Å². The minimum absolute atomic E-state index is 0.504. The highest BCUT2D eigenvalue weighted by Crippen LogP contribution is 2.13. The summed E-state index contributed by atoms with van der Waals surface area (Å²) in [5, 5.41) is 16.6. The summed E-state index contributed by atoms with van der Waals surface area (Å²) in [6, 6.07) is 0. The molecular weight excluding hydrogens is 154 g/mol. The molecule has 0 saturated heterocycles. The average Bonchev–Trinajstić information content (AvgIpc) is 2.30. The number of likely N-dealkylation sites (N-methyl/N-ethyl adjacent to an activating group) is 1. The fourth-order valence-electron chi connectivity index (χ4n) is 1.24. The van der Waals surface area contributed by atoms with Crippen molar-refractivity contribution in [2.75, 3.05) is 13.6 Å². The SMILES string of the molecule is CNCC(O)c1nn(C)cc1C. The van der Waals surface area contributed by atoms with E-state index < -0.39 is 6.10 Å². The standard InChI is InChI=1S/C8H15N3O/c1-6-5-11(3)10-8(6)7(12)4-9-2/h5,7,9,12H,4H2,1-3H3. The molecule has 1 rings (SSSR count). The first-order chi connectivity index (χ1) is 5.65. The Bertz CT molecular complexity index is 257. The van der Waals surface area contributed by atoms with E-state index in [0.29, 0.717) is 6.54 Å². The van der Waals surface area contributed by atoms with E-state index in [1.165, 1.54) is 0 Å². The molecule has 0 saturated carbocycles. The molecule has 0 radical (unpaired) electrons. The summed E-state index contributed by atoms with van der Waals surface area (Å²) in [6.07, 6.45) is 1.39. The first-order valence-corrected chi connectivity index (χ1v) is 3.98. The van der Waals surface area contributed by atoms with Gasteiger partial charge < -0.3 is 10.4 Å². The smallest absolute Gasteiger partial charge is 0.110 e. The first-order valence-electron chi connectivity index (χ1n) is 3.98. The summed E-state index contributed by atoms with van der Waals surface area (Å²) in [7, 11) is 3.66. The van der Waals surface area contributed by atoms with E-state index >= 15 is 0 Å². The molecule has 0 aliphatic rings. The van der Waals surface area contributed by atoms with E-state index in [9.17, 15) is 5.11 Å². The first kappa shape index (κ1) is 9.22. The van der Waals surface area contributed by atoms with E-state index in [2.05, 4.69) is 10.4 Å². The minimum atomic E-state index is -0.504.